The standard InChI is InChI=1S/C19H17ClN4O3S/c1-11-14(20)5-2-6-15(11)23-16(25)8-7-12-10-28-19(22-12)24-18(27)13-4-3-9-21-17(13)26/h2-6,9-10,13H,7-8H2,1H3,(H,23,25)(H,22,24,27). The van der Waals surface area contributed by atoms with Crippen LogP contribution in [0.4, 0.5) is 10.8 Å². The normalized spacial score (nSPS) is 15.5. The monoisotopic (exact) mass is 416 g/mol. The first-order chi connectivity index (χ1) is 13.4. The van der Waals surface area contributed by atoms with Gasteiger partial charge >= 0.3 is 0 Å². The molecule has 0 radical (unpaired) electrons. The number of halogens is 1. The summed E-state index contributed by atoms with van der Waals surface area (Å²) in [5.41, 5.74) is 2.17. The smallest absolute Gasteiger partial charge is 0.262 e. The number of nitrogens with zero attached hydrogens (tertiary/aromatic N) is 2. The van der Waals surface area contributed by atoms with Crippen molar-refractivity contribution in [3.05, 3.63) is 52.0 Å². The highest BCUT2D eigenvalue weighted by Gasteiger charge is 2.25. The number of benzene rings is 1. The van der Waals surface area contributed by atoms with Crippen molar-refractivity contribution in [3.63, 3.8) is 0 Å². The van der Waals surface area contributed by atoms with E-state index in [1.165, 1.54) is 23.6 Å². The van der Waals surface area contributed by atoms with E-state index in [0.717, 1.165) is 5.56 Å². The van der Waals surface area contributed by atoms with Crippen LogP contribution in [0.3, 0.4) is 0 Å². The van der Waals surface area contributed by atoms with Gasteiger partial charge in [-0.25, -0.2) is 9.98 Å². The van der Waals surface area contributed by atoms with Gasteiger partial charge < -0.3 is 10.6 Å². The Hall–Kier alpha value is -2.84. The van der Waals surface area contributed by atoms with Crippen molar-refractivity contribution in [3.8, 4) is 0 Å². The molecule has 1 atom stereocenters. The van der Waals surface area contributed by atoms with E-state index in [1.54, 1.807) is 29.7 Å². The summed E-state index contributed by atoms with van der Waals surface area (Å²) in [4.78, 5) is 43.8. The van der Waals surface area contributed by atoms with Gasteiger partial charge in [0, 0.05) is 28.7 Å². The predicted molar refractivity (Wildman–Crippen MR) is 110 cm³/mol. The zero-order valence-electron chi connectivity index (χ0n) is 14.9. The highest BCUT2D eigenvalue weighted by Crippen LogP contribution is 2.23. The number of aliphatic imine (C=N–C) groups is 1. The zero-order valence-corrected chi connectivity index (χ0v) is 16.5. The SMILES string of the molecule is Cc1c(Cl)cccc1NC(=O)CCc1csc(NC(=O)C2C=CC=NC2=O)n1. The Balaban J connectivity index is 1.52. The van der Waals surface area contributed by atoms with Crippen LogP contribution in [0.25, 0.3) is 0 Å². The van der Waals surface area contributed by atoms with Crippen LogP contribution >= 0.6 is 22.9 Å². The van der Waals surface area contributed by atoms with Crippen LogP contribution in [0.5, 0.6) is 0 Å². The Bertz CT molecular complexity index is 983. The lowest BCUT2D eigenvalue weighted by Gasteiger charge is -2.09. The number of dihydropyridines is 1. The molecule has 3 amide bonds. The van der Waals surface area contributed by atoms with Crippen LogP contribution in [-0.2, 0) is 20.8 Å². The summed E-state index contributed by atoms with van der Waals surface area (Å²) in [6.45, 7) is 1.84. The molecule has 0 saturated carbocycles. The van der Waals surface area contributed by atoms with Crippen LogP contribution in [0.1, 0.15) is 17.7 Å². The van der Waals surface area contributed by atoms with Crippen LogP contribution in [-0.4, -0.2) is 28.9 Å². The topological polar surface area (TPSA) is 101 Å². The summed E-state index contributed by atoms with van der Waals surface area (Å²) in [6.07, 6.45) is 5.05. The lowest BCUT2D eigenvalue weighted by Crippen LogP contribution is -2.28. The highest BCUT2D eigenvalue weighted by atomic mass is 35.5. The number of aromatic nitrogens is 1. The number of carbonyl (C=O) groups excluding carboxylic acids is 3. The fourth-order valence-corrected chi connectivity index (χ4v) is 3.42. The molecule has 2 aromatic rings. The summed E-state index contributed by atoms with van der Waals surface area (Å²) >= 11 is 7.29. The fourth-order valence-electron chi connectivity index (χ4n) is 2.50. The number of rotatable bonds is 6. The van der Waals surface area contributed by atoms with Gasteiger partial charge in [-0.1, -0.05) is 23.7 Å². The Morgan fingerprint density at radius 3 is 2.89 bits per heavy atom. The van der Waals surface area contributed by atoms with Crippen LogP contribution < -0.4 is 10.6 Å². The molecular weight excluding hydrogens is 400 g/mol. The predicted octanol–water partition coefficient (Wildman–Crippen LogP) is 3.40. The third-order valence-electron chi connectivity index (χ3n) is 4.07. The summed E-state index contributed by atoms with van der Waals surface area (Å²) in [6, 6.07) is 5.33. The van der Waals surface area contributed by atoms with E-state index < -0.39 is 17.7 Å². The van der Waals surface area contributed by atoms with Crippen molar-refractivity contribution in [1.29, 1.82) is 0 Å². The molecule has 0 bridgehead atoms. The van der Waals surface area contributed by atoms with Crippen molar-refractivity contribution in [1.82, 2.24) is 4.98 Å². The first-order valence-corrected chi connectivity index (χ1v) is 9.74. The molecule has 2 heterocycles. The van der Waals surface area contributed by atoms with Gasteiger partial charge in [0.1, 0.15) is 5.92 Å². The Labute approximate surface area is 170 Å². The summed E-state index contributed by atoms with van der Waals surface area (Å²) in [5.74, 6) is -2.08. The van der Waals surface area contributed by atoms with Crippen LogP contribution in [0.2, 0.25) is 5.02 Å². The lowest BCUT2D eigenvalue weighted by molar-refractivity contribution is -0.128. The fraction of sp³-hybridized carbons (Fsp3) is 0.211. The number of nitrogens with one attached hydrogen (secondary N) is 2. The third-order valence-corrected chi connectivity index (χ3v) is 5.29. The summed E-state index contributed by atoms with van der Waals surface area (Å²) < 4.78 is 0. The maximum Gasteiger partial charge on any atom is 0.262 e. The van der Waals surface area contributed by atoms with Crippen LogP contribution in [0.15, 0.2) is 40.7 Å². The van der Waals surface area contributed by atoms with Crippen molar-refractivity contribution < 1.29 is 14.4 Å². The van der Waals surface area contributed by atoms with Crippen molar-refractivity contribution in [2.24, 2.45) is 10.9 Å². The third kappa shape index (κ3) is 4.90. The molecule has 9 heteroatoms. The minimum atomic E-state index is -0.941. The second-order valence-electron chi connectivity index (χ2n) is 6.07. The second kappa shape index (κ2) is 8.90. The maximum absolute atomic E-state index is 12.2. The molecule has 144 valence electrons. The molecule has 1 unspecified atom stereocenters. The number of anilines is 2. The molecule has 1 aromatic carbocycles. The molecule has 2 N–H and O–H groups in total. The Kier molecular flexibility index (Phi) is 6.33. The molecule has 28 heavy (non-hydrogen) atoms. The molecule has 1 aliphatic heterocycles. The molecule has 1 aromatic heterocycles. The minimum Gasteiger partial charge on any atom is -0.326 e. The van der Waals surface area contributed by atoms with Gasteiger partial charge in [-0.05, 0) is 37.1 Å². The van der Waals surface area contributed by atoms with Crippen molar-refractivity contribution >= 4 is 57.7 Å². The van der Waals surface area contributed by atoms with Crippen molar-refractivity contribution in [2.45, 2.75) is 19.8 Å². The molecule has 0 saturated heterocycles. The molecule has 3 rings (SSSR count). The molecule has 1 aliphatic rings. The molecule has 0 spiro atoms. The van der Waals surface area contributed by atoms with E-state index in [9.17, 15) is 14.4 Å². The average Bonchev–Trinajstić information content (AvgIpc) is 3.11. The number of allylic oxidation sites excluding steroid dienone is 1. The highest BCUT2D eigenvalue weighted by molar-refractivity contribution is 7.13. The van der Waals surface area contributed by atoms with Gasteiger partial charge in [0.2, 0.25) is 11.8 Å². The number of thiazole rings is 1. The lowest BCUT2D eigenvalue weighted by atomic mass is 10.1. The quantitative estimate of drug-likeness (QED) is 0.704. The van der Waals surface area contributed by atoms with Gasteiger partial charge in [-0.15, -0.1) is 11.3 Å². The minimum absolute atomic E-state index is 0.153. The van der Waals surface area contributed by atoms with E-state index in [0.29, 0.717) is 28.0 Å². The first kappa shape index (κ1) is 19.9. The van der Waals surface area contributed by atoms with Gasteiger partial charge in [0.15, 0.2) is 5.13 Å². The number of amides is 3. The van der Waals surface area contributed by atoms with Gasteiger partial charge in [0.25, 0.3) is 5.91 Å². The molecule has 0 fully saturated rings. The van der Waals surface area contributed by atoms with E-state index in [1.807, 2.05) is 6.92 Å². The number of hydrogen-bond acceptors (Lipinski definition) is 5. The van der Waals surface area contributed by atoms with Gasteiger partial charge in [-0.3, -0.25) is 14.4 Å². The largest absolute Gasteiger partial charge is 0.326 e. The molecule has 0 aliphatic carbocycles. The van der Waals surface area contributed by atoms with E-state index in [2.05, 4.69) is 20.6 Å². The number of hydrogen-bond donors (Lipinski definition) is 2. The second-order valence-corrected chi connectivity index (χ2v) is 7.34. The van der Waals surface area contributed by atoms with Gasteiger partial charge in [-0.2, -0.15) is 0 Å². The average molecular weight is 417 g/mol. The van der Waals surface area contributed by atoms with Crippen molar-refractivity contribution in [2.75, 3.05) is 10.6 Å². The summed E-state index contributed by atoms with van der Waals surface area (Å²) in [5, 5.41) is 8.18. The maximum atomic E-state index is 12.2. The number of aryl methyl sites for hydroxylation is 1. The molecule has 7 nitrogen and oxygen atoms in total. The van der Waals surface area contributed by atoms with Gasteiger partial charge in [0.05, 0.1) is 5.69 Å². The Morgan fingerprint density at radius 2 is 2.11 bits per heavy atom. The van der Waals surface area contributed by atoms with E-state index in [-0.39, 0.29) is 12.3 Å². The first-order valence-electron chi connectivity index (χ1n) is 8.49. The summed E-state index contributed by atoms with van der Waals surface area (Å²) in [7, 11) is 0. The Morgan fingerprint density at radius 1 is 1.29 bits per heavy atom. The molecular formula is C19H17ClN4O3S. The van der Waals surface area contributed by atoms with Crippen LogP contribution in [0, 0.1) is 12.8 Å². The van der Waals surface area contributed by atoms with E-state index >= 15 is 0 Å². The van der Waals surface area contributed by atoms with E-state index in [4.69, 9.17) is 11.6 Å². The zero-order chi connectivity index (χ0) is 20.1. The number of carbonyl (C=O) groups is 3.